The fourth-order valence-corrected chi connectivity index (χ4v) is 3.36. The largest absolute Gasteiger partial charge is 0.390 e. The molecule has 2 rings (SSSR count). The van der Waals surface area contributed by atoms with E-state index in [4.69, 9.17) is 5.73 Å². The lowest BCUT2D eigenvalue weighted by Crippen LogP contribution is -2.44. The summed E-state index contributed by atoms with van der Waals surface area (Å²) in [7, 11) is 2.10. The van der Waals surface area contributed by atoms with Gasteiger partial charge in [0.25, 0.3) is 0 Å². The van der Waals surface area contributed by atoms with E-state index in [1.807, 2.05) is 18.2 Å². The molecule has 0 aromatic heterocycles. The molecule has 1 aromatic rings. The Bertz CT molecular complexity index is 389. The van der Waals surface area contributed by atoms with Crippen molar-refractivity contribution in [1.29, 1.82) is 0 Å². The maximum atomic E-state index is 10.3. The van der Waals surface area contributed by atoms with Gasteiger partial charge in [0.05, 0.1) is 6.10 Å². The number of likely N-dealkylation sites (N-methyl/N-ethyl adjacent to an activating group) is 1. The van der Waals surface area contributed by atoms with E-state index in [2.05, 4.69) is 24.1 Å². The van der Waals surface area contributed by atoms with Gasteiger partial charge in [-0.05, 0) is 37.8 Å². The van der Waals surface area contributed by atoms with Crippen LogP contribution in [0.3, 0.4) is 0 Å². The molecule has 1 aliphatic rings. The fraction of sp³-hybridized carbons (Fsp3) is 0.667. The molecule has 0 amide bonds. The summed E-state index contributed by atoms with van der Waals surface area (Å²) >= 11 is 0. The zero-order chi connectivity index (χ0) is 15.1. The monoisotopic (exact) mass is 290 g/mol. The lowest BCUT2D eigenvalue weighted by atomic mass is 9.89. The summed E-state index contributed by atoms with van der Waals surface area (Å²) in [5.41, 5.74) is 7.35. The van der Waals surface area contributed by atoms with E-state index in [1.54, 1.807) is 0 Å². The summed E-state index contributed by atoms with van der Waals surface area (Å²) in [4.78, 5) is 2.26. The van der Waals surface area contributed by atoms with E-state index in [1.165, 1.54) is 37.7 Å². The first-order valence-corrected chi connectivity index (χ1v) is 8.31. The number of nitrogens with zero attached hydrogens (tertiary/aromatic N) is 1. The van der Waals surface area contributed by atoms with Crippen molar-refractivity contribution in [3.63, 3.8) is 0 Å². The molecule has 118 valence electrons. The van der Waals surface area contributed by atoms with Crippen molar-refractivity contribution in [2.75, 3.05) is 20.1 Å². The maximum absolute atomic E-state index is 10.3. The van der Waals surface area contributed by atoms with E-state index in [9.17, 15) is 5.11 Å². The molecule has 1 saturated carbocycles. The van der Waals surface area contributed by atoms with Gasteiger partial charge in [-0.1, -0.05) is 49.6 Å². The van der Waals surface area contributed by atoms with Crippen LogP contribution in [0.2, 0.25) is 0 Å². The third kappa shape index (κ3) is 5.77. The third-order valence-electron chi connectivity index (χ3n) is 4.60. The standard InChI is InChI=1S/C18H30N2O/c1-20(13-16-10-6-3-7-11-16)14-18(21)17(19)12-15-8-4-2-5-9-15/h2,4-5,8-9,16-18,21H,3,6-7,10-14,19H2,1H3. The van der Waals surface area contributed by atoms with Crippen LogP contribution in [0.15, 0.2) is 30.3 Å². The molecular weight excluding hydrogens is 260 g/mol. The molecule has 0 spiro atoms. The molecule has 0 bridgehead atoms. The number of hydrogen-bond donors (Lipinski definition) is 2. The van der Waals surface area contributed by atoms with Gasteiger partial charge in [-0.3, -0.25) is 0 Å². The molecule has 0 saturated heterocycles. The van der Waals surface area contributed by atoms with Gasteiger partial charge in [0, 0.05) is 19.1 Å². The molecular formula is C18H30N2O. The SMILES string of the molecule is CN(CC1CCCCC1)CC(O)C(N)Cc1ccccc1. The highest BCUT2D eigenvalue weighted by Gasteiger charge is 2.20. The molecule has 3 N–H and O–H groups in total. The lowest BCUT2D eigenvalue weighted by molar-refractivity contribution is 0.0917. The molecule has 3 heteroatoms. The zero-order valence-electron chi connectivity index (χ0n) is 13.2. The Balaban J connectivity index is 1.73. The maximum Gasteiger partial charge on any atom is 0.0820 e. The van der Waals surface area contributed by atoms with E-state index in [0.717, 1.165) is 18.9 Å². The van der Waals surface area contributed by atoms with Crippen LogP contribution in [0.25, 0.3) is 0 Å². The van der Waals surface area contributed by atoms with Crippen molar-refractivity contribution in [2.24, 2.45) is 11.7 Å². The molecule has 1 fully saturated rings. The van der Waals surface area contributed by atoms with Crippen LogP contribution in [0.1, 0.15) is 37.7 Å². The number of aliphatic hydroxyl groups excluding tert-OH is 1. The minimum absolute atomic E-state index is 0.193. The van der Waals surface area contributed by atoms with E-state index < -0.39 is 6.10 Å². The summed E-state index contributed by atoms with van der Waals surface area (Å²) in [6.45, 7) is 1.76. The predicted octanol–water partition coefficient (Wildman–Crippen LogP) is 2.43. The van der Waals surface area contributed by atoms with Gasteiger partial charge in [-0.25, -0.2) is 0 Å². The summed E-state index contributed by atoms with van der Waals surface area (Å²) in [6.07, 6.45) is 7.10. The van der Waals surface area contributed by atoms with E-state index in [0.29, 0.717) is 6.54 Å². The molecule has 1 aromatic carbocycles. The predicted molar refractivity (Wildman–Crippen MR) is 88.2 cm³/mol. The molecule has 2 unspecified atom stereocenters. The van der Waals surface area contributed by atoms with Crippen LogP contribution in [-0.4, -0.2) is 42.3 Å². The fourth-order valence-electron chi connectivity index (χ4n) is 3.36. The average molecular weight is 290 g/mol. The minimum Gasteiger partial charge on any atom is -0.390 e. The van der Waals surface area contributed by atoms with Gasteiger partial charge in [-0.2, -0.15) is 0 Å². The number of rotatable bonds is 7. The molecule has 2 atom stereocenters. The highest BCUT2D eigenvalue weighted by atomic mass is 16.3. The minimum atomic E-state index is -0.459. The smallest absolute Gasteiger partial charge is 0.0820 e. The van der Waals surface area contributed by atoms with Crippen LogP contribution < -0.4 is 5.73 Å². The Morgan fingerprint density at radius 3 is 2.52 bits per heavy atom. The quantitative estimate of drug-likeness (QED) is 0.811. The summed E-state index contributed by atoms with van der Waals surface area (Å²) < 4.78 is 0. The summed E-state index contributed by atoms with van der Waals surface area (Å²) in [5.74, 6) is 0.807. The highest BCUT2D eigenvalue weighted by Crippen LogP contribution is 2.24. The first-order chi connectivity index (χ1) is 10.1. The van der Waals surface area contributed by atoms with Gasteiger partial charge >= 0.3 is 0 Å². The van der Waals surface area contributed by atoms with Crippen molar-refractivity contribution >= 4 is 0 Å². The van der Waals surface area contributed by atoms with Crippen LogP contribution in [0, 0.1) is 5.92 Å². The lowest BCUT2D eigenvalue weighted by Gasteiger charge is -2.29. The molecule has 21 heavy (non-hydrogen) atoms. The highest BCUT2D eigenvalue weighted by molar-refractivity contribution is 5.16. The molecule has 0 radical (unpaired) electrons. The molecule has 0 aliphatic heterocycles. The van der Waals surface area contributed by atoms with E-state index >= 15 is 0 Å². The van der Waals surface area contributed by atoms with Gasteiger partial charge in [0.1, 0.15) is 0 Å². The number of benzene rings is 1. The van der Waals surface area contributed by atoms with Gasteiger partial charge < -0.3 is 15.7 Å². The second kappa shape index (κ2) is 8.52. The van der Waals surface area contributed by atoms with Gasteiger partial charge in [0.15, 0.2) is 0 Å². The van der Waals surface area contributed by atoms with Gasteiger partial charge in [-0.15, -0.1) is 0 Å². The third-order valence-corrected chi connectivity index (χ3v) is 4.60. The molecule has 3 nitrogen and oxygen atoms in total. The summed E-state index contributed by atoms with van der Waals surface area (Å²) in [5, 5.41) is 10.3. The van der Waals surface area contributed by atoms with Crippen molar-refractivity contribution in [3.05, 3.63) is 35.9 Å². The van der Waals surface area contributed by atoms with Crippen LogP contribution in [0.5, 0.6) is 0 Å². The van der Waals surface area contributed by atoms with Crippen LogP contribution >= 0.6 is 0 Å². The van der Waals surface area contributed by atoms with Crippen molar-refractivity contribution < 1.29 is 5.11 Å². The Kier molecular flexibility index (Phi) is 6.68. The van der Waals surface area contributed by atoms with E-state index in [-0.39, 0.29) is 6.04 Å². The Morgan fingerprint density at radius 1 is 1.19 bits per heavy atom. The normalized spacial score (nSPS) is 19.6. The Labute approximate surface area is 129 Å². The second-order valence-corrected chi connectivity index (χ2v) is 6.65. The number of nitrogens with two attached hydrogens (primary N) is 1. The Hall–Kier alpha value is -0.900. The molecule has 1 aliphatic carbocycles. The topological polar surface area (TPSA) is 49.5 Å². The molecule has 0 heterocycles. The average Bonchev–Trinajstić information content (AvgIpc) is 2.49. The zero-order valence-corrected chi connectivity index (χ0v) is 13.2. The number of hydrogen-bond acceptors (Lipinski definition) is 3. The Morgan fingerprint density at radius 2 is 1.86 bits per heavy atom. The summed E-state index contributed by atoms with van der Waals surface area (Å²) in [6, 6.07) is 9.98. The van der Waals surface area contributed by atoms with Crippen molar-refractivity contribution in [3.8, 4) is 0 Å². The van der Waals surface area contributed by atoms with Crippen molar-refractivity contribution in [1.82, 2.24) is 4.90 Å². The first kappa shape index (κ1) is 16.5. The second-order valence-electron chi connectivity index (χ2n) is 6.65. The first-order valence-electron chi connectivity index (χ1n) is 8.31. The number of aliphatic hydroxyl groups is 1. The van der Waals surface area contributed by atoms with Gasteiger partial charge in [0.2, 0.25) is 0 Å². The van der Waals surface area contributed by atoms with Crippen molar-refractivity contribution in [2.45, 2.75) is 50.7 Å². The van der Waals surface area contributed by atoms with Crippen LogP contribution in [-0.2, 0) is 6.42 Å². The van der Waals surface area contributed by atoms with Crippen LogP contribution in [0.4, 0.5) is 0 Å².